The van der Waals surface area contributed by atoms with Crippen LogP contribution in [0.2, 0.25) is 0 Å². The minimum atomic E-state index is 0.974. The minimum absolute atomic E-state index is 0.974. The predicted octanol–water partition coefficient (Wildman–Crippen LogP) is 18.8. The van der Waals surface area contributed by atoms with E-state index in [9.17, 15) is 0 Å². The van der Waals surface area contributed by atoms with E-state index in [1.54, 1.807) is 0 Å². The number of aryl methyl sites for hydroxylation is 2. The number of nitrogens with zero attached hydrogens (tertiary/aromatic N) is 2. The average molecular weight is 852 g/mol. The van der Waals surface area contributed by atoms with E-state index < -0.39 is 0 Å². The zero-order valence-electron chi connectivity index (χ0n) is 39.2. The molecule has 3 heteroatoms. The third kappa shape index (κ3) is 26.6. The molecule has 0 aliphatic rings. The van der Waals surface area contributed by atoms with Crippen LogP contribution in [0, 0.1) is 0 Å². The Morgan fingerprint density at radius 3 is 1.37 bits per heavy atom. The molecule has 0 radical (unpaired) electrons. The van der Waals surface area contributed by atoms with Crippen molar-refractivity contribution in [2.75, 3.05) is 0 Å². The van der Waals surface area contributed by atoms with Crippen molar-refractivity contribution in [2.45, 2.75) is 246 Å². The van der Waals surface area contributed by atoms with Crippen molar-refractivity contribution < 1.29 is 19.3 Å². The monoisotopic (exact) mass is 851 g/mol. The summed E-state index contributed by atoms with van der Waals surface area (Å²) in [6, 6.07) is 17.8. The van der Waals surface area contributed by atoms with Gasteiger partial charge in [-0.25, -0.2) is 0 Å². The molecule has 0 aromatic heterocycles. The third-order valence-electron chi connectivity index (χ3n) is 11.9. The average Bonchev–Trinajstić information content (AvgIpc) is 3.26. The first kappa shape index (κ1) is 52.9. The van der Waals surface area contributed by atoms with Gasteiger partial charge in [-0.05, 0) is 6.42 Å². The Hall–Kier alpha value is -2.25. The van der Waals surface area contributed by atoms with Crippen LogP contribution in [-0.2, 0) is 28.5 Å². The van der Waals surface area contributed by atoms with Crippen LogP contribution in [0.3, 0.4) is 0 Å². The van der Waals surface area contributed by atoms with Crippen molar-refractivity contribution in [3.05, 3.63) is 84.0 Å². The van der Waals surface area contributed by atoms with Gasteiger partial charge in [0.1, 0.15) is 0 Å². The van der Waals surface area contributed by atoms with E-state index in [-0.39, 0.29) is 0 Å². The van der Waals surface area contributed by atoms with Crippen molar-refractivity contribution in [3.63, 3.8) is 0 Å². The Morgan fingerprint density at radius 1 is 0.441 bits per heavy atom. The maximum absolute atomic E-state index is 6.02. The number of allylic oxidation sites excluding steroid dienone is 4. The SMILES string of the molecule is CCCCCCCCCCCC=CCCCc1ccccc1N=C(CCCC)C(CCCCCC)=[N+]([Ni])c1ccccc1CCCC=CCCCCCCCCCCC. The zero-order valence-corrected chi connectivity index (χ0v) is 40.2. The van der Waals surface area contributed by atoms with Crippen LogP contribution in [0.15, 0.2) is 77.8 Å². The van der Waals surface area contributed by atoms with E-state index in [0.29, 0.717) is 0 Å². The van der Waals surface area contributed by atoms with E-state index >= 15 is 0 Å². The zero-order chi connectivity index (χ0) is 42.3. The van der Waals surface area contributed by atoms with Gasteiger partial charge in [0, 0.05) is 0 Å². The summed E-state index contributed by atoms with van der Waals surface area (Å²) in [5.41, 5.74) is 7.54. The van der Waals surface area contributed by atoms with Gasteiger partial charge < -0.3 is 0 Å². The first-order valence-corrected chi connectivity index (χ1v) is 25.9. The van der Waals surface area contributed by atoms with Crippen LogP contribution in [0.25, 0.3) is 0 Å². The molecule has 2 rings (SSSR count). The molecule has 0 heterocycles. The normalized spacial score (nSPS) is 12.7. The second kappa shape index (κ2) is 38.7. The fourth-order valence-corrected chi connectivity index (χ4v) is 8.58. The van der Waals surface area contributed by atoms with Gasteiger partial charge in [0.15, 0.2) is 0 Å². The van der Waals surface area contributed by atoms with Crippen molar-refractivity contribution >= 4 is 22.8 Å². The first-order valence-electron chi connectivity index (χ1n) is 25.5. The van der Waals surface area contributed by atoms with E-state index in [1.165, 1.54) is 176 Å². The van der Waals surface area contributed by atoms with Gasteiger partial charge in [-0.15, -0.1) is 0 Å². The molecule has 2 nitrogen and oxygen atoms in total. The van der Waals surface area contributed by atoms with Crippen LogP contribution in [0.1, 0.15) is 244 Å². The summed E-state index contributed by atoms with van der Waals surface area (Å²) in [4.78, 5) is 5.55. The molecule has 59 heavy (non-hydrogen) atoms. The summed E-state index contributed by atoms with van der Waals surface area (Å²) >= 11 is 6.02. The Labute approximate surface area is 375 Å². The number of benzene rings is 2. The van der Waals surface area contributed by atoms with Crippen molar-refractivity contribution in [1.29, 1.82) is 0 Å². The Balaban J connectivity index is 2.07. The number of para-hydroxylation sites is 2. The molecule has 0 spiro atoms. The molecule has 0 atom stereocenters. The number of aliphatic imine (C=N–C) groups is 1. The van der Waals surface area contributed by atoms with E-state index in [2.05, 4.69) is 104 Å². The summed E-state index contributed by atoms with van der Waals surface area (Å²) < 4.78 is 2.16. The molecule has 0 N–H and O–H groups in total. The van der Waals surface area contributed by atoms with Gasteiger partial charge in [0.25, 0.3) is 0 Å². The summed E-state index contributed by atoms with van der Waals surface area (Å²) in [7, 11) is 0. The fraction of sp³-hybridized carbons (Fsp3) is 0.679. The van der Waals surface area contributed by atoms with Crippen LogP contribution in [0.4, 0.5) is 11.4 Å². The summed E-state index contributed by atoms with van der Waals surface area (Å²) in [6.45, 7) is 9.19. The molecular weight excluding hydrogens is 759 g/mol. The molecule has 0 amide bonds. The second-order valence-electron chi connectivity index (χ2n) is 17.4. The number of unbranched alkanes of at least 4 members (excludes halogenated alkanes) is 24. The third-order valence-corrected chi connectivity index (χ3v) is 12.4. The molecule has 0 aliphatic heterocycles. The summed E-state index contributed by atoms with van der Waals surface area (Å²) in [6.07, 6.45) is 53.2. The van der Waals surface area contributed by atoms with Gasteiger partial charge in [0.2, 0.25) is 0 Å². The van der Waals surface area contributed by atoms with Crippen LogP contribution < -0.4 is 0 Å². The molecule has 0 bridgehead atoms. The van der Waals surface area contributed by atoms with Crippen LogP contribution in [-0.4, -0.2) is 15.1 Å². The molecule has 0 saturated heterocycles. The van der Waals surface area contributed by atoms with Crippen molar-refractivity contribution in [3.8, 4) is 0 Å². The Bertz CT molecular complexity index is 1400. The van der Waals surface area contributed by atoms with E-state index in [4.69, 9.17) is 20.7 Å². The molecule has 2 aromatic carbocycles. The maximum atomic E-state index is 6.02. The predicted molar refractivity (Wildman–Crippen MR) is 261 cm³/mol. The first-order chi connectivity index (χ1) is 29.2. The van der Waals surface area contributed by atoms with Gasteiger partial charge in [-0.1, -0.05) is 104 Å². The van der Waals surface area contributed by atoms with Gasteiger partial charge in [0.05, 0.1) is 0 Å². The second-order valence-corrected chi connectivity index (χ2v) is 17.8. The molecular formula is C56H92N2Ni+. The number of hydrogen-bond acceptors (Lipinski definition) is 1. The van der Waals surface area contributed by atoms with E-state index in [1.807, 2.05) is 0 Å². The molecule has 0 saturated carbocycles. The van der Waals surface area contributed by atoms with Crippen molar-refractivity contribution in [1.82, 2.24) is 0 Å². The van der Waals surface area contributed by atoms with E-state index in [0.717, 1.165) is 76.3 Å². The van der Waals surface area contributed by atoms with Gasteiger partial charge in [-0.2, -0.15) is 0 Å². The topological polar surface area (TPSA) is 15.4 Å². The summed E-state index contributed by atoms with van der Waals surface area (Å²) in [5, 5.41) is 0. The molecule has 2 aromatic rings. The van der Waals surface area contributed by atoms with Crippen LogP contribution >= 0.6 is 0 Å². The van der Waals surface area contributed by atoms with Crippen molar-refractivity contribution in [2.24, 2.45) is 4.99 Å². The number of hydrogen-bond donors (Lipinski definition) is 0. The van der Waals surface area contributed by atoms with Gasteiger partial charge >= 0.3 is 267 Å². The number of rotatable bonds is 39. The molecule has 0 aliphatic carbocycles. The Kier molecular flexibility index (Phi) is 34.7. The van der Waals surface area contributed by atoms with Gasteiger partial charge in [-0.3, -0.25) is 0 Å². The Morgan fingerprint density at radius 2 is 0.847 bits per heavy atom. The van der Waals surface area contributed by atoms with Crippen LogP contribution in [0.5, 0.6) is 0 Å². The fourth-order valence-electron chi connectivity index (χ4n) is 8.13. The molecule has 0 unspecified atom stereocenters. The minimum Gasteiger partial charge on any atom is -0.0654 e. The molecule has 0 fully saturated rings. The summed E-state index contributed by atoms with van der Waals surface area (Å²) in [5.74, 6) is 0. The smallest absolute Gasteiger partial charge is 0.0654 e. The molecule has 335 valence electrons. The standard InChI is InChI=1S/C56H92N2.Ni/c1-5-9-13-16-18-20-22-24-26-28-30-32-34-36-43-51-45-39-41-48-53(51)57-55(47-12-8-4)56(50-38-15-11-7-3)58-54-49-42-40-46-52(54)44-37-35-33-31-29-27-25-23-21-19-17-14-10-6-2;/h30-33,39-42,45-46,48-49H,5-29,34-38,43-44,47,50H2,1-4H3;/q;+1. The quantitative estimate of drug-likeness (QED) is 0.0276.